The maximum Gasteiger partial charge on any atom is 0.356 e. The molecule has 1 aromatic heterocycles. The zero-order valence-electron chi connectivity index (χ0n) is 10.8. The predicted molar refractivity (Wildman–Crippen MR) is 73.5 cm³/mol. The van der Waals surface area contributed by atoms with E-state index in [4.69, 9.17) is 5.11 Å². The van der Waals surface area contributed by atoms with Gasteiger partial charge in [-0.05, 0) is 18.2 Å². The van der Waals surface area contributed by atoms with E-state index in [1.807, 2.05) is 0 Å². The summed E-state index contributed by atoms with van der Waals surface area (Å²) in [6.45, 7) is 1.28. The Hall–Kier alpha value is -2.28. The molecule has 2 aromatic rings. The number of rotatable bonds is 4. The molecule has 0 saturated heterocycles. The Bertz CT molecular complexity index is 653. The average Bonchev–Trinajstić information content (AvgIpc) is 2.83. The number of carboxylic acids is 1. The van der Waals surface area contributed by atoms with Crippen molar-refractivity contribution in [2.75, 3.05) is 11.9 Å². The third-order valence-corrected chi connectivity index (χ3v) is 3.85. The van der Waals surface area contributed by atoms with Crippen molar-refractivity contribution in [3.8, 4) is 0 Å². The lowest BCUT2D eigenvalue weighted by Gasteiger charge is -2.15. The Morgan fingerprint density at radius 1 is 1.40 bits per heavy atom. The number of carbonyl (C=O) groups excluding carboxylic acids is 1. The van der Waals surface area contributed by atoms with Gasteiger partial charge < -0.3 is 10.0 Å². The van der Waals surface area contributed by atoms with Gasteiger partial charge >= 0.3 is 5.97 Å². The van der Waals surface area contributed by atoms with Crippen molar-refractivity contribution < 1.29 is 19.1 Å². The van der Waals surface area contributed by atoms with E-state index < -0.39 is 11.8 Å². The molecule has 0 aliphatic heterocycles. The lowest BCUT2D eigenvalue weighted by atomic mass is 10.3. The Morgan fingerprint density at radius 2 is 2.10 bits per heavy atom. The fourth-order valence-electron chi connectivity index (χ4n) is 1.63. The number of benzene rings is 1. The molecule has 0 radical (unpaired) electrons. The van der Waals surface area contributed by atoms with Crippen molar-refractivity contribution in [2.24, 2.45) is 0 Å². The van der Waals surface area contributed by atoms with E-state index in [0.29, 0.717) is 10.8 Å². The SMILES string of the molecule is CC(=O)c1sc(N(C)c2cccc(F)c2)nc1C(=O)O. The van der Waals surface area contributed by atoms with E-state index in [2.05, 4.69) is 4.98 Å². The normalized spacial score (nSPS) is 10.3. The van der Waals surface area contributed by atoms with Gasteiger partial charge in [-0.3, -0.25) is 4.79 Å². The number of aromatic nitrogens is 1. The van der Waals surface area contributed by atoms with Gasteiger partial charge in [0.25, 0.3) is 0 Å². The van der Waals surface area contributed by atoms with Crippen molar-refractivity contribution in [3.05, 3.63) is 40.7 Å². The maximum atomic E-state index is 13.2. The molecule has 0 amide bonds. The van der Waals surface area contributed by atoms with Gasteiger partial charge in [0.15, 0.2) is 16.6 Å². The summed E-state index contributed by atoms with van der Waals surface area (Å²) in [7, 11) is 1.63. The summed E-state index contributed by atoms with van der Waals surface area (Å²) in [6.07, 6.45) is 0. The number of ketones is 1. The Balaban J connectivity index is 2.45. The number of anilines is 2. The Morgan fingerprint density at radius 3 is 2.60 bits per heavy atom. The second-order valence-corrected chi connectivity index (χ2v) is 5.05. The van der Waals surface area contributed by atoms with Gasteiger partial charge in [0, 0.05) is 19.7 Å². The second-order valence-electron chi connectivity index (χ2n) is 4.07. The lowest BCUT2D eigenvalue weighted by Crippen LogP contribution is -2.10. The Labute approximate surface area is 118 Å². The number of halogens is 1. The van der Waals surface area contributed by atoms with Gasteiger partial charge in [0.05, 0.1) is 0 Å². The van der Waals surface area contributed by atoms with E-state index in [1.54, 1.807) is 19.2 Å². The first-order chi connectivity index (χ1) is 9.40. The third-order valence-electron chi connectivity index (χ3n) is 2.62. The standard InChI is InChI=1S/C13H11FN2O3S/c1-7(17)11-10(12(18)19)15-13(20-11)16(2)9-5-3-4-8(14)6-9/h3-6H,1-2H3,(H,18,19). The van der Waals surface area contributed by atoms with Crippen LogP contribution in [0.15, 0.2) is 24.3 Å². The van der Waals surface area contributed by atoms with Crippen LogP contribution in [-0.4, -0.2) is 28.9 Å². The molecule has 0 saturated carbocycles. The van der Waals surface area contributed by atoms with Crippen LogP contribution in [0.3, 0.4) is 0 Å². The number of carboxylic acid groups (broad SMARTS) is 1. The maximum absolute atomic E-state index is 13.2. The molecule has 7 heteroatoms. The zero-order chi connectivity index (χ0) is 14.9. The number of thiazole rings is 1. The van der Waals surface area contributed by atoms with E-state index in [1.165, 1.54) is 24.0 Å². The van der Waals surface area contributed by atoms with Crippen molar-refractivity contribution in [2.45, 2.75) is 6.92 Å². The van der Waals surface area contributed by atoms with Crippen molar-refractivity contribution in [3.63, 3.8) is 0 Å². The number of aromatic carboxylic acids is 1. The molecule has 20 heavy (non-hydrogen) atoms. The van der Waals surface area contributed by atoms with E-state index in [9.17, 15) is 14.0 Å². The summed E-state index contributed by atoms with van der Waals surface area (Å²) in [5.41, 5.74) is 0.242. The summed E-state index contributed by atoms with van der Waals surface area (Å²) in [4.78, 5) is 28.0. The molecule has 0 aliphatic carbocycles. The molecular formula is C13H11FN2O3S. The third kappa shape index (κ3) is 2.67. The fourth-order valence-corrected chi connectivity index (χ4v) is 2.57. The van der Waals surface area contributed by atoms with Crippen molar-refractivity contribution in [1.29, 1.82) is 0 Å². The van der Waals surface area contributed by atoms with Crippen LogP contribution in [0.5, 0.6) is 0 Å². The zero-order valence-corrected chi connectivity index (χ0v) is 11.6. The molecule has 104 valence electrons. The molecule has 1 heterocycles. The van der Waals surface area contributed by atoms with Crippen LogP contribution >= 0.6 is 11.3 Å². The molecule has 0 atom stereocenters. The van der Waals surface area contributed by atoms with Gasteiger partial charge in [0.2, 0.25) is 0 Å². The largest absolute Gasteiger partial charge is 0.476 e. The van der Waals surface area contributed by atoms with E-state index in [0.717, 1.165) is 11.3 Å². The van der Waals surface area contributed by atoms with E-state index in [-0.39, 0.29) is 16.4 Å². The van der Waals surface area contributed by atoms with Crippen molar-refractivity contribution >= 4 is 33.9 Å². The van der Waals surface area contributed by atoms with Gasteiger partial charge in [-0.1, -0.05) is 17.4 Å². The topological polar surface area (TPSA) is 70.5 Å². The first-order valence-corrected chi connectivity index (χ1v) is 6.46. The van der Waals surface area contributed by atoms with Crippen LogP contribution in [0.4, 0.5) is 15.2 Å². The molecule has 0 spiro atoms. The van der Waals surface area contributed by atoms with Gasteiger partial charge in [-0.15, -0.1) is 0 Å². The average molecular weight is 294 g/mol. The summed E-state index contributed by atoms with van der Waals surface area (Å²) >= 11 is 0.967. The Kier molecular flexibility index (Phi) is 3.80. The second kappa shape index (κ2) is 5.38. The molecule has 0 fully saturated rings. The number of hydrogen-bond donors (Lipinski definition) is 1. The van der Waals surface area contributed by atoms with Crippen LogP contribution in [0, 0.1) is 5.82 Å². The summed E-state index contributed by atoms with van der Waals surface area (Å²) < 4.78 is 13.2. The minimum absolute atomic E-state index is 0.0794. The fraction of sp³-hybridized carbons (Fsp3) is 0.154. The minimum atomic E-state index is -1.26. The first-order valence-electron chi connectivity index (χ1n) is 5.64. The molecule has 0 unspecified atom stereocenters. The summed E-state index contributed by atoms with van der Waals surface area (Å²) in [5.74, 6) is -2.03. The van der Waals surface area contributed by atoms with Crippen LogP contribution < -0.4 is 4.90 Å². The highest BCUT2D eigenvalue weighted by atomic mass is 32.1. The molecule has 0 aliphatic rings. The smallest absolute Gasteiger partial charge is 0.356 e. The molecule has 5 nitrogen and oxygen atoms in total. The van der Waals surface area contributed by atoms with Crippen LogP contribution in [0.1, 0.15) is 27.1 Å². The lowest BCUT2D eigenvalue weighted by molar-refractivity contribution is 0.0687. The predicted octanol–water partition coefficient (Wildman–Crippen LogP) is 2.95. The number of carbonyl (C=O) groups is 2. The quantitative estimate of drug-likeness (QED) is 0.878. The number of hydrogen-bond acceptors (Lipinski definition) is 5. The molecule has 1 aromatic carbocycles. The number of Topliss-reactive ketones (excluding diaryl/α,β-unsaturated/α-hetero) is 1. The van der Waals surface area contributed by atoms with Crippen LogP contribution in [0.2, 0.25) is 0 Å². The van der Waals surface area contributed by atoms with E-state index >= 15 is 0 Å². The van der Waals surface area contributed by atoms with Crippen LogP contribution in [-0.2, 0) is 0 Å². The van der Waals surface area contributed by atoms with Gasteiger partial charge in [0.1, 0.15) is 10.7 Å². The molecule has 2 rings (SSSR count). The van der Waals surface area contributed by atoms with Gasteiger partial charge in [-0.2, -0.15) is 0 Å². The molecular weight excluding hydrogens is 283 g/mol. The van der Waals surface area contributed by atoms with Crippen LogP contribution in [0.25, 0.3) is 0 Å². The highest BCUT2D eigenvalue weighted by Gasteiger charge is 2.22. The summed E-state index contributed by atoms with van der Waals surface area (Å²) in [6, 6.07) is 5.81. The molecule has 0 bridgehead atoms. The monoisotopic (exact) mass is 294 g/mol. The highest BCUT2D eigenvalue weighted by molar-refractivity contribution is 7.17. The molecule has 1 N–H and O–H groups in total. The van der Waals surface area contributed by atoms with Crippen molar-refractivity contribution in [1.82, 2.24) is 4.98 Å². The minimum Gasteiger partial charge on any atom is -0.476 e. The number of nitrogens with zero attached hydrogens (tertiary/aromatic N) is 2. The first kappa shape index (κ1) is 14.1. The summed E-state index contributed by atoms with van der Waals surface area (Å²) in [5, 5.41) is 9.36. The highest BCUT2D eigenvalue weighted by Crippen LogP contribution is 2.31. The van der Waals surface area contributed by atoms with Gasteiger partial charge in [-0.25, -0.2) is 14.2 Å².